The summed E-state index contributed by atoms with van der Waals surface area (Å²) in [5.74, 6) is -0.433. The van der Waals surface area contributed by atoms with Crippen LogP contribution in [-0.4, -0.2) is 26.3 Å². The second-order valence-electron chi connectivity index (χ2n) is 1.74. The molecule has 0 unspecified atom stereocenters. The summed E-state index contributed by atoms with van der Waals surface area (Å²) in [5, 5.41) is 0. The van der Waals surface area contributed by atoms with Crippen molar-refractivity contribution in [3.05, 3.63) is 0 Å². The highest BCUT2D eigenvalue weighted by molar-refractivity contribution is 5.65. The Hall–Kier alpha value is -0.610. The molecule has 4 nitrogen and oxygen atoms in total. The van der Waals surface area contributed by atoms with Gasteiger partial charge in [0.1, 0.15) is 0 Å². The van der Waals surface area contributed by atoms with Gasteiger partial charge >= 0.3 is 5.97 Å². The van der Waals surface area contributed by atoms with Gasteiger partial charge in [0.25, 0.3) is 0 Å². The summed E-state index contributed by atoms with van der Waals surface area (Å²) in [7, 11) is 1.60. The first kappa shape index (κ1) is 9.39. The third kappa shape index (κ3) is 7.39. The molecule has 0 spiro atoms. The van der Waals surface area contributed by atoms with Gasteiger partial charge < -0.3 is 4.74 Å². The van der Waals surface area contributed by atoms with Gasteiger partial charge in [-0.05, 0) is 6.42 Å². The molecule has 0 rings (SSSR count). The summed E-state index contributed by atoms with van der Waals surface area (Å²) in [6, 6.07) is 0. The van der Waals surface area contributed by atoms with Gasteiger partial charge in [-0.2, -0.15) is 4.89 Å². The van der Waals surface area contributed by atoms with Crippen molar-refractivity contribution >= 4 is 5.97 Å². The molecule has 0 aliphatic heterocycles. The van der Waals surface area contributed by atoms with Crippen LogP contribution in [0.5, 0.6) is 0 Å². The Morgan fingerprint density at radius 2 is 2.10 bits per heavy atom. The van der Waals surface area contributed by atoms with Crippen LogP contribution in [-0.2, 0) is 19.3 Å². The predicted octanol–water partition coefficient (Wildman–Crippen LogP) is 0.518. The molecule has 0 bridgehead atoms. The molecule has 4 heteroatoms. The average Bonchev–Trinajstić information content (AvgIpc) is 1.87. The molecular weight excluding hydrogens is 136 g/mol. The predicted molar refractivity (Wildman–Crippen MR) is 34.2 cm³/mol. The van der Waals surface area contributed by atoms with Crippen LogP contribution in [0.2, 0.25) is 0 Å². The van der Waals surface area contributed by atoms with Crippen LogP contribution in [0.4, 0.5) is 0 Å². The smallest absolute Gasteiger partial charge is 0.339 e. The second-order valence-corrected chi connectivity index (χ2v) is 1.74. The molecule has 0 aromatic carbocycles. The Labute approximate surface area is 60.0 Å². The minimum absolute atomic E-state index is 0.382. The van der Waals surface area contributed by atoms with E-state index in [1.54, 1.807) is 7.11 Å². The third-order valence-electron chi connectivity index (χ3n) is 0.752. The SMILES string of the molecule is COCCCOOC(C)=O. The van der Waals surface area contributed by atoms with E-state index in [1.807, 2.05) is 0 Å². The van der Waals surface area contributed by atoms with E-state index < -0.39 is 5.97 Å². The number of ether oxygens (including phenoxy) is 1. The van der Waals surface area contributed by atoms with Gasteiger partial charge in [-0.3, -0.25) is 4.89 Å². The number of hydrogen-bond acceptors (Lipinski definition) is 4. The molecule has 0 radical (unpaired) electrons. The summed E-state index contributed by atoms with van der Waals surface area (Å²) in [4.78, 5) is 18.8. The lowest BCUT2D eigenvalue weighted by atomic mass is 10.5. The van der Waals surface area contributed by atoms with Crippen LogP contribution in [0.25, 0.3) is 0 Å². The van der Waals surface area contributed by atoms with E-state index in [9.17, 15) is 4.79 Å². The molecule has 10 heavy (non-hydrogen) atoms. The van der Waals surface area contributed by atoms with Crippen LogP contribution in [0.1, 0.15) is 13.3 Å². The maximum atomic E-state index is 10.1. The molecule has 0 aromatic rings. The van der Waals surface area contributed by atoms with E-state index in [2.05, 4.69) is 9.78 Å². The highest BCUT2D eigenvalue weighted by Gasteiger charge is 1.92. The number of carbonyl (C=O) groups is 1. The van der Waals surface area contributed by atoms with E-state index in [0.717, 1.165) is 6.42 Å². The molecule has 60 valence electrons. The van der Waals surface area contributed by atoms with Crippen LogP contribution in [0, 0.1) is 0 Å². The normalized spacial score (nSPS) is 9.40. The van der Waals surface area contributed by atoms with E-state index in [0.29, 0.717) is 13.2 Å². The van der Waals surface area contributed by atoms with Gasteiger partial charge in [-0.25, -0.2) is 4.79 Å². The minimum atomic E-state index is -0.433. The van der Waals surface area contributed by atoms with Crippen molar-refractivity contribution < 1.29 is 19.3 Å². The molecular formula is C6H12O4. The van der Waals surface area contributed by atoms with Crippen molar-refractivity contribution in [2.75, 3.05) is 20.3 Å². The second kappa shape index (κ2) is 6.51. The fraction of sp³-hybridized carbons (Fsp3) is 0.833. The van der Waals surface area contributed by atoms with Crippen molar-refractivity contribution in [3.63, 3.8) is 0 Å². The Morgan fingerprint density at radius 3 is 2.60 bits per heavy atom. The first-order valence-corrected chi connectivity index (χ1v) is 3.06. The van der Waals surface area contributed by atoms with Crippen molar-refractivity contribution in [1.82, 2.24) is 0 Å². The molecule has 0 aliphatic carbocycles. The fourth-order valence-corrected chi connectivity index (χ4v) is 0.387. The maximum absolute atomic E-state index is 10.1. The quantitative estimate of drug-likeness (QED) is 0.324. The highest BCUT2D eigenvalue weighted by Crippen LogP contribution is 1.84. The zero-order valence-corrected chi connectivity index (χ0v) is 6.25. The number of rotatable bonds is 5. The molecule has 0 atom stereocenters. The third-order valence-corrected chi connectivity index (χ3v) is 0.752. The zero-order valence-electron chi connectivity index (χ0n) is 6.25. The van der Waals surface area contributed by atoms with Gasteiger partial charge in [0.05, 0.1) is 6.61 Å². The van der Waals surface area contributed by atoms with Crippen LogP contribution < -0.4 is 0 Å². The standard InChI is InChI=1S/C6H12O4/c1-6(7)10-9-5-3-4-8-2/h3-5H2,1-2H3. The largest absolute Gasteiger partial charge is 0.385 e. The van der Waals surface area contributed by atoms with Crippen molar-refractivity contribution in [3.8, 4) is 0 Å². The summed E-state index contributed by atoms with van der Waals surface area (Å²) < 4.78 is 4.73. The van der Waals surface area contributed by atoms with Gasteiger partial charge in [-0.15, -0.1) is 0 Å². The molecule has 0 N–H and O–H groups in total. The van der Waals surface area contributed by atoms with Crippen LogP contribution in [0.3, 0.4) is 0 Å². The number of methoxy groups -OCH3 is 1. The summed E-state index contributed by atoms with van der Waals surface area (Å²) >= 11 is 0. The Kier molecular flexibility index (Phi) is 6.11. The van der Waals surface area contributed by atoms with Gasteiger partial charge in [0, 0.05) is 20.6 Å². The molecule has 0 fully saturated rings. The summed E-state index contributed by atoms with van der Waals surface area (Å²) in [6.45, 7) is 2.28. The molecule has 0 aromatic heterocycles. The van der Waals surface area contributed by atoms with Crippen molar-refractivity contribution in [2.24, 2.45) is 0 Å². The lowest BCUT2D eigenvalue weighted by molar-refractivity contribution is -0.271. The van der Waals surface area contributed by atoms with E-state index in [4.69, 9.17) is 4.74 Å². The molecule has 0 saturated heterocycles. The van der Waals surface area contributed by atoms with Crippen LogP contribution >= 0.6 is 0 Å². The average molecular weight is 148 g/mol. The van der Waals surface area contributed by atoms with Crippen LogP contribution in [0.15, 0.2) is 0 Å². The fourth-order valence-electron chi connectivity index (χ4n) is 0.387. The maximum Gasteiger partial charge on any atom is 0.339 e. The van der Waals surface area contributed by atoms with E-state index >= 15 is 0 Å². The minimum Gasteiger partial charge on any atom is -0.385 e. The zero-order chi connectivity index (χ0) is 7.82. The topological polar surface area (TPSA) is 44.8 Å². The summed E-state index contributed by atoms with van der Waals surface area (Å²) in [6.07, 6.45) is 0.726. The van der Waals surface area contributed by atoms with E-state index in [1.165, 1.54) is 6.92 Å². The lowest BCUT2D eigenvalue weighted by Crippen LogP contribution is -2.03. The van der Waals surface area contributed by atoms with Gasteiger partial charge in [-0.1, -0.05) is 0 Å². The highest BCUT2D eigenvalue weighted by atomic mass is 17.2. The molecule has 0 saturated carbocycles. The Balaban J connectivity index is 2.84. The molecule has 0 aliphatic rings. The lowest BCUT2D eigenvalue weighted by Gasteiger charge is -1.99. The first-order valence-electron chi connectivity index (χ1n) is 3.06. The number of hydrogen-bond donors (Lipinski definition) is 0. The van der Waals surface area contributed by atoms with Crippen molar-refractivity contribution in [2.45, 2.75) is 13.3 Å². The Bertz CT molecular complexity index is 91.7. The number of carbonyl (C=O) groups excluding carboxylic acids is 1. The first-order chi connectivity index (χ1) is 4.77. The monoisotopic (exact) mass is 148 g/mol. The van der Waals surface area contributed by atoms with E-state index in [-0.39, 0.29) is 0 Å². The Morgan fingerprint density at radius 1 is 1.40 bits per heavy atom. The molecule has 0 heterocycles. The van der Waals surface area contributed by atoms with Crippen molar-refractivity contribution in [1.29, 1.82) is 0 Å². The molecule has 0 amide bonds. The van der Waals surface area contributed by atoms with Gasteiger partial charge in [0.15, 0.2) is 0 Å². The summed E-state index contributed by atoms with van der Waals surface area (Å²) in [5.41, 5.74) is 0. The van der Waals surface area contributed by atoms with Gasteiger partial charge in [0.2, 0.25) is 0 Å².